The van der Waals surface area contributed by atoms with Gasteiger partial charge in [0, 0.05) is 6.04 Å². The Balaban J connectivity index is 3.12. The number of nitrogens with two attached hydrogens (primary N) is 1. The fraction of sp³-hybridized carbons (Fsp3) is 0.400. The number of alkyl halides is 6. The number of hydrogen-bond donors (Lipinski definition) is 1. The van der Waals surface area contributed by atoms with E-state index in [1.807, 2.05) is 0 Å². The van der Waals surface area contributed by atoms with Crippen molar-refractivity contribution in [3.8, 4) is 0 Å². The van der Waals surface area contributed by atoms with Gasteiger partial charge in [-0.25, -0.2) is 0 Å². The lowest BCUT2D eigenvalue weighted by Gasteiger charge is -2.18. The van der Waals surface area contributed by atoms with E-state index in [1.54, 1.807) is 0 Å². The molecule has 0 amide bonds. The van der Waals surface area contributed by atoms with Crippen molar-refractivity contribution in [2.24, 2.45) is 5.73 Å². The highest BCUT2D eigenvalue weighted by molar-refractivity contribution is 6.32. The van der Waals surface area contributed by atoms with Crippen molar-refractivity contribution >= 4 is 11.6 Å². The molecule has 8 heteroatoms. The largest absolute Gasteiger partial charge is 0.417 e. The zero-order valence-electron chi connectivity index (χ0n) is 8.74. The van der Waals surface area contributed by atoms with E-state index in [2.05, 4.69) is 0 Å². The van der Waals surface area contributed by atoms with Crippen LogP contribution in [0.5, 0.6) is 0 Å². The first kappa shape index (κ1) is 15.1. The van der Waals surface area contributed by atoms with Gasteiger partial charge in [0.25, 0.3) is 0 Å². The summed E-state index contributed by atoms with van der Waals surface area (Å²) in [5, 5.41) is -0.790. The summed E-state index contributed by atoms with van der Waals surface area (Å²) in [6, 6.07) is 1.08. The first-order chi connectivity index (χ1) is 8.02. The molecule has 0 saturated heterocycles. The molecular formula is C10H8ClF6N. The molecule has 0 aromatic heterocycles. The Labute approximate surface area is 104 Å². The molecule has 102 valence electrons. The molecular weight excluding hydrogens is 284 g/mol. The van der Waals surface area contributed by atoms with Crippen LogP contribution in [0.25, 0.3) is 0 Å². The smallest absolute Gasteiger partial charge is 0.324 e. The van der Waals surface area contributed by atoms with Crippen molar-refractivity contribution < 1.29 is 26.3 Å². The lowest BCUT2D eigenvalue weighted by molar-refractivity contribution is -0.138. The van der Waals surface area contributed by atoms with Crippen LogP contribution in [0.3, 0.4) is 0 Å². The van der Waals surface area contributed by atoms with E-state index in [0.717, 1.165) is 12.1 Å². The fourth-order valence-electron chi connectivity index (χ4n) is 1.41. The standard InChI is InChI=1S/C10H8ClF6N/c11-8-5(7(18)4-9(12,13)14)2-1-3-6(8)10(15,16)17/h1-3,7H,4,18H2/t7-/m0/s1. The van der Waals surface area contributed by atoms with Crippen LogP contribution < -0.4 is 5.73 Å². The van der Waals surface area contributed by atoms with Gasteiger partial charge < -0.3 is 5.73 Å². The van der Waals surface area contributed by atoms with Crippen molar-refractivity contribution in [3.05, 3.63) is 34.3 Å². The third-order valence-corrected chi connectivity index (χ3v) is 2.61. The van der Waals surface area contributed by atoms with Gasteiger partial charge in [0.2, 0.25) is 0 Å². The van der Waals surface area contributed by atoms with Crippen molar-refractivity contribution in [3.63, 3.8) is 0 Å². The molecule has 0 spiro atoms. The second kappa shape index (κ2) is 4.97. The van der Waals surface area contributed by atoms with E-state index in [-0.39, 0.29) is 5.56 Å². The molecule has 1 rings (SSSR count). The first-order valence-corrected chi connectivity index (χ1v) is 5.08. The molecule has 0 saturated carbocycles. The topological polar surface area (TPSA) is 26.0 Å². The van der Waals surface area contributed by atoms with Gasteiger partial charge in [0.05, 0.1) is 17.0 Å². The van der Waals surface area contributed by atoms with Gasteiger partial charge in [-0.2, -0.15) is 26.3 Å². The van der Waals surface area contributed by atoms with Crippen LogP contribution in [0.1, 0.15) is 23.6 Å². The Bertz CT molecular complexity index is 425. The summed E-state index contributed by atoms with van der Waals surface area (Å²) in [7, 11) is 0. The molecule has 0 heterocycles. The summed E-state index contributed by atoms with van der Waals surface area (Å²) in [4.78, 5) is 0. The minimum atomic E-state index is -4.73. The Morgan fingerprint density at radius 2 is 1.67 bits per heavy atom. The van der Waals surface area contributed by atoms with E-state index >= 15 is 0 Å². The molecule has 1 atom stereocenters. The highest BCUT2D eigenvalue weighted by Gasteiger charge is 2.36. The number of halogens is 7. The van der Waals surface area contributed by atoms with Gasteiger partial charge >= 0.3 is 12.4 Å². The Morgan fingerprint density at radius 1 is 1.11 bits per heavy atom. The molecule has 0 aliphatic heterocycles. The minimum Gasteiger partial charge on any atom is -0.324 e. The lowest BCUT2D eigenvalue weighted by atomic mass is 10.0. The maximum Gasteiger partial charge on any atom is 0.417 e. The van der Waals surface area contributed by atoms with E-state index in [9.17, 15) is 26.3 Å². The zero-order chi connectivity index (χ0) is 14.1. The molecule has 0 aliphatic carbocycles. The van der Waals surface area contributed by atoms with Crippen LogP contribution in [-0.2, 0) is 6.18 Å². The summed E-state index contributed by atoms with van der Waals surface area (Å²) in [5.41, 5.74) is 3.66. The quantitative estimate of drug-likeness (QED) is 0.807. The van der Waals surface area contributed by atoms with Crippen LogP contribution in [0, 0.1) is 0 Å². The van der Waals surface area contributed by atoms with Gasteiger partial charge in [-0.05, 0) is 11.6 Å². The van der Waals surface area contributed by atoms with Crippen LogP contribution in [0.4, 0.5) is 26.3 Å². The molecule has 1 aromatic rings. The summed E-state index contributed by atoms with van der Waals surface area (Å²) in [5.74, 6) is 0. The van der Waals surface area contributed by atoms with Crippen molar-refractivity contribution in [2.45, 2.75) is 24.8 Å². The van der Waals surface area contributed by atoms with Crippen molar-refractivity contribution in [1.29, 1.82) is 0 Å². The summed E-state index contributed by atoms with van der Waals surface area (Å²) >= 11 is 5.45. The third kappa shape index (κ3) is 3.78. The number of benzene rings is 1. The monoisotopic (exact) mass is 291 g/mol. The highest BCUT2D eigenvalue weighted by Crippen LogP contribution is 2.39. The van der Waals surface area contributed by atoms with Crippen LogP contribution >= 0.6 is 11.6 Å². The summed E-state index contributed by atoms with van der Waals surface area (Å²) in [6.07, 6.45) is -10.7. The summed E-state index contributed by atoms with van der Waals surface area (Å²) in [6.45, 7) is 0. The van der Waals surface area contributed by atoms with Gasteiger partial charge in [0.15, 0.2) is 0 Å². The van der Waals surface area contributed by atoms with Crippen LogP contribution in [0.2, 0.25) is 5.02 Å². The predicted molar refractivity (Wildman–Crippen MR) is 54.1 cm³/mol. The van der Waals surface area contributed by atoms with E-state index < -0.39 is 35.4 Å². The SMILES string of the molecule is N[C@@H](CC(F)(F)F)c1cccc(C(F)(F)F)c1Cl. The van der Waals surface area contributed by atoms with Crippen LogP contribution in [0.15, 0.2) is 18.2 Å². The van der Waals surface area contributed by atoms with Crippen molar-refractivity contribution in [2.75, 3.05) is 0 Å². The molecule has 1 aromatic carbocycles. The normalized spacial score (nSPS) is 14.7. The third-order valence-electron chi connectivity index (χ3n) is 2.18. The lowest BCUT2D eigenvalue weighted by Crippen LogP contribution is -2.21. The van der Waals surface area contributed by atoms with E-state index in [0.29, 0.717) is 6.07 Å². The van der Waals surface area contributed by atoms with Gasteiger partial charge in [-0.1, -0.05) is 23.7 Å². The zero-order valence-corrected chi connectivity index (χ0v) is 9.50. The van der Waals surface area contributed by atoms with Gasteiger partial charge in [0.1, 0.15) is 0 Å². The molecule has 2 N–H and O–H groups in total. The Hall–Kier alpha value is -0.950. The maximum atomic E-state index is 12.5. The van der Waals surface area contributed by atoms with Crippen molar-refractivity contribution in [1.82, 2.24) is 0 Å². The van der Waals surface area contributed by atoms with Gasteiger partial charge in [-0.3, -0.25) is 0 Å². The van der Waals surface area contributed by atoms with Crippen LogP contribution in [-0.4, -0.2) is 6.18 Å². The minimum absolute atomic E-state index is 0.371. The average Bonchev–Trinajstić information content (AvgIpc) is 2.12. The molecule has 0 bridgehead atoms. The van der Waals surface area contributed by atoms with Gasteiger partial charge in [-0.15, -0.1) is 0 Å². The Morgan fingerprint density at radius 3 is 2.11 bits per heavy atom. The van der Waals surface area contributed by atoms with E-state index in [1.165, 1.54) is 0 Å². The average molecular weight is 292 g/mol. The predicted octanol–water partition coefficient (Wildman–Crippen LogP) is 4.31. The first-order valence-electron chi connectivity index (χ1n) is 4.70. The number of rotatable bonds is 2. The fourth-order valence-corrected chi connectivity index (χ4v) is 1.79. The Kier molecular flexibility index (Phi) is 4.17. The van der Waals surface area contributed by atoms with E-state index in [4.69, 9.17) is 17.3 Å². The molecule has 0 fully saturated rings. The molecule has 0 unspecified atom stereocenters. The maximum absolute atomic E-state index is 12.5. The summed E-state index contributed by atoms with van der Waals surface area (Å²) < 4.78 is 73.8. The molecule has 0 radical (unpaired) electrons. The molecule has 0 aliphatic rings. The number of hydrogen-bond acceptors (Lipinski definition) is 1. The second-order valence-corrected chi connectivity index (χ2v) is 4.01. The molecule has 1 nitrogen and oxygen atoms in total. The highest BCUT2D eigenvalue weighted by atomic mass is 35.5. The molecule has 18 heavy (non-hydrogen) atoms. The second-order valence-electron chi connectivity index (χ2n) is 3.63.